The molecule has 3 aromatic heterocycles. The van der Waals surface area contributed by atoms with E-state index < -0.39 is 12.2 Å². The van der Waals surface area contributed by atoms with E-state index in [0.717, 1.165) is 0 Å². The van der Waals surface area contributed by atoms with Crippen LogP contribution in [-0.2, 0) is 11.9 Å². The molecule has 3 aromatic rings. The van der Waals surface area contributed by atoms with Crippen molar-refractivity contribution in [2.24, 2.45) is 18.1 Å². The predicted molar refractivity (Wildman–Crippen MR) is 128 cm³/mol. The fourth-order valence-electron chi connectivity index (χ4n) is 4.76. The van der Waals surface area contributed by atoms with Crippen LogP contribution in [0.15, 0.2) is 46.5 Å². The Morgan fingerprint density at radius 3 is 2.56 bits per heavy atom. The average Bonchev–Trinajstić information content (AvgIpc) is 2.90. The van der Waals surface area contributed by atoms with Crippen LogP contribution in [-0.4, -0.2) is 39.9 Å². The minimum absolute atomic E-state index is 0.0433. The fraction of sp³-hybridized carbons (Fsp3) is 0.360. The van der Waals surface area contributed by atoms with Crippen molar-refractivity contribution in [2.45, 2.75) is 38.3 Å². The van der Waals surface area contributed by atoms with Gasteiger partial charge in [0.2, 0.25) is 0 Å². The van der Waals surface area contributed by atoms with Crippen molar-refractivity contribution in [2.75, 3.05) is 11.9 Å². The van der Waals surface area contributed by atoms with Crippen LogP contribution in [0.3, 0.4) is 0 Å². The Morgan fingerprint density at radius 2 is 1.94 bits per heavy atom. The van der Waals surface area contributed by atoms with Crippen LogP contribution in [0.2, 0.25) is 0 Å². The van der Waals surface area contributed by atoms with Crippen LogP contribution >= 0.6 is 0 Å². The number of aryl methyl sites for hydroxylation is 1. The Balaban J connectivity index is 1.65. The lowest BCUT2D eigenvalue weighted by Gasteiger charge is -2.36. The quantitative estimate of drug-likeness (QED) is 0.381. The van der Waals surface area contributed by atoms with Crippen LogP contribution < -0.4 is 10.5 Å². The molecule has 1 aliphatic carbocycles. The molecule has 1 fully saturated rings. The minimum Gasteiger partial charge on any atom is -0.369 e. The Bertz CT molecular complexity index is 1430. The van der Waals surface area contributed by atoms with Gasteiger partial charge in [0.1, 0.15) is 34.6 Å². The molecule has 3 heterocycles. The van der Waals surface area contributed by atoms with Crippen molar-refractivity contribution in [3.63, 3.8) is 0 Å². The van der Waals surface area contributed by atoms with E-state index in [1.807, 2.05) is 17.0 Å². The monoisotopic (exact) mass is 491 g/mol. The smallest absolute Gasteiger partial charge is 0.369 e. The first-order chi connectivity index (χ1) is 17.3. The van der Waals surface area contributed by atoms with Gasteiger partial charge in [-0.05, 0) is 49.9 Å². The van der Waals surface area contributed by atoms with E-state index in [1.54, 1.807) is 44.6 Å². The number of nitriles is 2. The van der Waals surface area contributed by atoms with E-state index in [0.29, 0.717) is 53.8 Å². The van der Waals surface area contributed by atoms with Crippen molar-refractivity contribution in [3.05, 3.63) is 63.8 Å². The molecule has 11 heteroatoms. The number of rotatable bonds is 6. The highest BCUT2D eigenvalue weighted by Crippen LogP contribution is 2.35. The highest BCUT2D eigenvalue weighted by molar-refractivity contribution is 6.00. The summed E-state index contributed by atoms with van der Waals surface area (Å²) in [6.45, 7) is -3.03. The predicted octanol–water partition coefficient (Wildman–Crippen LogP) is 3.71. The maximum Gasteiger partial charge on any atom is 0.407 e. The van der Waals surface area contributed by atoms with Gasteiger partial charge in [-0.3, -0.25) is 9.78 Å². The lowest BCUT2D eigenvalue weighted by molar-refractivity contribution is -0.128. The van der Waals surface area contributed by atoms with Crippen LogP contribution in [0.4, 0.5) is 14.5 Å². The number of nitrogens with zero attached hydrogens (tertiary/aromatic N) is 7. The van der Waals surface area contributed by atoms with Crippen molar-refractivity contribution in [1.29, 1.82) is 10.5 Å². The highest BCUT2D eigenvalue weighted by atomic mass is 19.3. The summed E-state index contributed by atoms with van der Waals surface area (Å²) in [6.07, 6.45) is 4.07. The average molecular weight is 492 g/mol. The number of pyridine rings is 3. The summed E-state index contributed by atoms with van der Waals surface area (Å²) in [5.41, 5.74) is 1.84. The highest BCUT2D eigenvalue weighted by Gasteiger charge is 2.31. The van der Waals surface area contributed by atoms with Gasteiger partial charge in [0.25, 0.3) is 5.56 Å². The molecule has 184 valence electrons. The molecule has 0 N–H and O–H groups in total. The molecule has 0 saturated heterocycles. The van der Waals surface area contributed by atoms with Gasteiger partial charge in [0, 0.05) is 32.3 Å². The first-order valence-electron chi connectivity index (χ1n) is 11.4. The van der Waals surface area contributed by atoms with E-state index in [4.69, 9.17) is 0 Å². The number of oxime groups is 1. The topological polar surface area (TPSA) is 120 Å². The zero-order valence-corrected chi connectivity index (χ0v) is 19.7. The number of fused-ring (bicyclic) bond motifs is 1. The second-order valence-electron chi connectivity index (χ2n) is 8.55. The molecule has 0 amide bonds. The molecule has 0 unspecified atom stereocenters. The molecule has 1 aliphatic rings. The molecule has 4 rings (SSSR count). The standard InChI is InChI=1S/C25H23F2N7O2/c1-33(23-18(14-29)24(35)34(2)20-11-8-16(13-28)31-22(20)23)17-9-6-15(7-10-17)21(32-36-25(26)27)19-5-3-4-12-30-19/h3-5,8,11-12,15,17,25H,6-7,9-10H2,1-2H3/b32-21+/t15-,17+. The van der Waals surface area contributed by atoms with Crippen molar-refractivity contribution in [3.8, 4) is 12.1 Å². The Morgan fingerprint density at radius 1 is 1.19 bits per heavy atom. The lowest BCUT2D eigenvalue weighted by Crippen LogP contribution is -2.39. The lowest BCUT2D eigenvalue weighted by atomic mass is 9.81. The Hall–Kier alpha value is -4.38. The van der Waals surface area contributed by atoms with Gasteiger partial charge < -0.3 is 14.3 Å². The second-order valence-corrected chi connectivity index (χ2v) is 8.55. The number of halogens is 2. The van der Waals surface area contributed by atoms with Gasteiger partial charge in [-0.2, -0.15) is 19.3 Å². The number of alkyl halides is 2. The van der Waals surface area contributed by atoms with E-state index in [-0.39, 0.29) is 23.2 Å². The van der Waals surface area contributed by atoms with Gasteiger partial charge in [-0.15, -0.1) is 0 Å². The number of anilines is 1. The fourth-order valence-corrected chi connectivity index (χ4v) is 4.76. The molecular formula is C25H23F2N7O2. The van der Waals surface area contributed by atoms with Crippen molar-refractivity contribution >= 4 is 22.4 Å². The maximum atomic E-state index is 12.9. The molecule has 0 radical (unpaired) electrons. The number of aromatic nitrogens is 3. The number of hydrogen-bond acceptors (Lipinski definition) is 8. The second kappa shape index (κ2) is 10.5. The zero-order valence-electron chi connectivity index (χ0n) is 19.7. The molecule has 0 bridgehead atoms. The van der Waals surface area contributed by atoms with Crippen molar-refractivity contribution in [1.82, 2.24) is 14.5 Å². The SMILES string of the molecule is Cn1c(=O)c(C#N)c(N(C)[C@H]2CC[C@@H](/C(=N\OC(F)F)c3ccccn3)CC2)c2nc(C#N)ccc21. The molecule has 0 spiro atoms. The van der Waals surface area contributed by atoms with Crippen LogP contribution in [0.25, 0.3) is 11.0 Å². The van der Waals surface area contributed by atoms with Gasteiger partial charge >= 0.3 is 6.61 Å². The van der Waals surface area contributed by atoms with Gasteiger partial charge in [-0.25, -0.2) is 4.98 Å². The Labute approximate surface area is 205 Å². The molecule has 0 aliphatic heterocycles. The van der Waals surface area contributed by atoms with Crippen LogP contribution in [0.1, 0.15) is 42.6 Å². The summed E-state index contributed by atoms with van der Waals surface area (Å²) in [4.78, 5) is 27.7. The third kappa shape index (κ3) is 4.73. The van der Waals surface area contributed by atoms with Gasteiger partial charge in [0.05, 0.1) is 16.9 Å². The Kier molecular flexibility index (Phi) is 7.20. The first kappa shape index (κ1) is 24.7. The minimum atomic E-state index is -3.03. The zero-order chi connectivity index (χ0) is 25.8. The largest absolute Gasteiger partial charge is 0.407 e. The van der Waals surface area contributed by atoms with Crippen LogP contribution in [0.5, 0.6) is 0 Å². The number of hydrogen-bond donors (Lipinski definition) is 0. The molecule has 36 heavy (non-hydrogen) atoms. The van der Waals surface area contributed by atoms with Crippen molar-refractivity contribution < 1.29 is 13.6 Å². The summed E-state index contributed by atoms with van der Waals surface area (Å²) < 4.78 is 26.8. The third-order valence-electron chi connectivity index (χ3n) is 6.58. The third-order valence-corrected chi connectivity index (χ3v) is 6.58. The van der Waals surface area contributed by atoms with E-state index in [2.05, 4.69) is 20.0 Å². The molecule has 1 saturated carbocycles. The maximum absolute atomic E-state index is 12.9. The molecule has 0 aromatic carbocycles. The molecule has 9 nitrogen and oxygen atoms in total. The van der Waals surface area contributed by atoms with E-state index in [9.17, 15) is 24.1 Å². The summed E-state index contributed by atoms with van der Waals surface area (Å²) in [5, 5.41) is 22.9. The van der Waals surface area contributed by atoms with E-state index >= 15 is 0 Å². The summed E-state index contributed by atoms with van der Waals surface area (Å²) in [7, 11) is 3.36. The van der Waals surface area contributed by atoms with Crippen LogP contribution in [0, 0.1) is 28.6 Å². The van der Waals surface area contributed by atoms with Gasteiger partial charge in [-0.1, -0.05) is 11.2 Å². The molecule has 0 atom stereocenters. The molecular weight excluding hydrogens is 468 g/mol. The van der Waals surface area contributed by atoms with Gasteiger partial charge in [0.15, 0.2) is 0 Å². The normalized spacial score (nSPS) is 18.0. The summed E-state index contributed by atoms with van der Waals surface area (Å²) >= 11 is 0. The first-order valence-corrected chi connectivity index (χ1v) is 11.4. The summed E-state index contributed by atoms with van der Waals surface area (Å²) in [5.74, 6) is -0.151. The van der Waals surface area contributed by atoms with E-state index in [1.165, 1.54) is 10.6 Å². The summed E-state index contributed by atoms with van der Waals surface area (Å²) in [6, 6.07) is 12.3.